The minimum atomic E-state index is -0.532. The Hall–Kier alpha value is -4.53. The van der Waals surface area contributed by atoms with Gasteiger partial charge in [0.1, 0.15) is 10.6 Å². The number of nitrogens with zero attached hydrogens (tertiary/aromatic N) is 1. The molecule has 38 heavy (non-hydrogen) atoms. The summed E-state index contributed by atoms with van der Waals surface area (Å²) in [6.45, 7) is -0.299. The Morgan fingerprint density at radius 1 is 0.868 bits per heavy atom. The molecule has 0 aliphatic rings. The molecule has 0 bridgehead atoms. The number of carbonyl (C=O) groups is 3. The Balaban J connectivity index is 1.28. The van der Waals surface area contributed by atoms with Gasteiger partial charge in [-0.2, -0.15) is 5.10 Å². The maximum absolute atomic E-state index is 12.6. The molecular weight excluding hydrogens is 522 g/mol. The van der Waals surface area contributed by atoms with Gasteiger partial charge in [-0.3, -0.25) is 9.59 Å². The molecule has 5 aromatic rings. The summed E-state index contributed by atoms with van der Waals surface area (Å²) in [7, 11) is 0. The monoisotopic (exact) mass is 541 g/mol. The van der Waals surface area contributed by atoms with Crippen LogP contribution in [0.2, 0.25) is 5.02 Å². The highest BCUT2D eigenvalue weighted by molar-refractivity contribution is 7.21. The van der Waals surface area contributed by atoms with Crippen molar-refractivity contribution in [1.82, 2.24) is 10.7 Å². The van der Waals surface area contributed by atoms with Gasteiger partial charge in [-0.1, -0.05) is 78.3 Å². The van der Waals surface area contributed by atoms with Gasteiger partial charge < -0.3 is 10.1 Å². The van der Waals surface area contributed by atoms with E-state index in [0.29, 0.717) is 26.8 Å². The van der Waals surface area contributed by atoms with Crippen LogP contribution in [0.15, 0.2) is 96.1 Å². The fourth-order valence-electron chi connectivity index (χ4n) is 3.84. The number of carbonyl (C=O) groups excluding carboxylic acids is 3. The fourth-order valence-corrected chi connectivity index (χ4v) is 5.27. The standard InChI is InChI=1S/C29H20ClN3O4S/c30-26-21-12-6-7-13-24(21)38-27(26)28(35)31-17-25(34)33-32-16-22-20-11-5-4-8-18(20)14-15-23(22)37-29(36)19-9-2-1-3-10-19/h1-16H,17H2,(H,31,35)(H,33,34)/b32-16+. The Labute approximate surface area is 226 Å². The summed E-state index contributed by atoms with van der Waals surface area (Å²) in [5.41, 5.74) is 3.33. The normalized spacial score (nSPS) is 11.1. The zero-order valence-corrected chi connectivity index (χ0v) is 21.4. The Bertz CT molecular complexity index is 1700. The molecule has 1 aromatic heterocycles. The highest BCUT2D eigenvalue weighted by atomic mass is 35.5. The number of nitrogens with one attached hydrogen (secondary N) is 2. The van der Waals surface area contributed by atoms with Crippen molar-refractivity contribution in [2.24, 2.45) is 5.10 Å². The van der Waals surface area contributed by atoms with Crippen LogP contribution in [0.5, 0.6) is 5.75 Å². The molecule has 0 aliphatic carbocycles. The van der Waals surface area contributed by atoms with Crippen molar-refractivity contribution in [2.75, 3.05) is 6.54 Å². The second kappa shape index (κ2) is 11.2. The van der Waals surface area contributed by atoms with Gasteiger partial charge >= 0.3 is 5.97 Å². The largest absolute Gasteiger partial charge is 0.422 e. The molecule has 0 fully saturated rings. The smallest absolute Gasteiger partial charge is 0.343 e. The van der Waals surface area contributed by atoms with E-state index in [1.807, 2.05) is 60.7 Å². The summed E-state index contributed by atoms with van der Waals surface area (Å²) < 4.78 is 6.53. The average molecular weight is 542 g/mol. The first-order valence-electron chi connectivity index (χ1n) is 11.6. The number of benzene rings is 4. The SMILES string of the molecule is O=C(CNC(=O)c1sc2ccccc2c1Cl)N/N=C/c1c(OC(=O)c2ccccc2)ccc2ccccc12. The van der Waals surface area contributed by atoms with Crippen LogP contribution in [0, 0.1) is 0 Å². The highest BCUT2D eigenvalue weighted by Gasteiger charge is 2.17. The Kier molecular flexibility index (Phi) is 7.44. The number of hydrogen-bond acceptors (Lipinski definition) is 6. The minimum absolute atomic E-state index is 0.295. The summed E-state index contributed by atoms with van der Waals surface area (Å²) in [5, 5.41) is 9.45. The lowest BCUT2D eigenvalue weighted by atomic mass is 10.0. The van der Waals surface area contributed by atoms with E-state index in [1.54, 1.807) is 30.3 Å². The zero-order chi connectivity index (χ0) is 26.5. The molecule has 0 saturated carbocycles. The van der Waals surface area contributed by atoms with Crippen molar-refractivity contribution >= 4 is 67.8 Å². The van der Waals surface area contributed by atoms with Gasteiger partial charge in [0, 0.05) is 15.6 Å². The van der Waals surface area contributed by atoms with E-state index in [0.717, 1.165) is 20.9 Å². The van der Waals surface area contributed by atoms with E-state index >= 15 is 0 Å². The molecule has 9 heteroatoms. The van der Waals surface area contributed by atoms with Crippen LogP contribution in [0.1, 0.15) is 25.6 Å². The first-order valence-corrected chi connectivity index (χ1v) is 12.8. The van der Waals surface area contributed by atoms with Crippen LogP contribution in [0.3, 0.4) is 0 Å². The van der Waals surface area contributed by atoms with Crippen LogP contribution >= 0.6 is 22.9 Å². The minimum Gasteiger partial charge on any atom is -0.422 e. The molecule has 1 heterocycles. The van der Waals surface area contributed by atoms with Crippen LogP contribution in [0.4, 0.5) is 0 Å². The Morgan fingerprint density at radius 3 is 2.37 bits per heavy atom. The lowest BCUT2D eigenvalue weighted by molar-refractivity contribution is -0.120. The molecule has 0 atom stereocenters. The van der Waals surface area contributed by atoms with Gasteiger partial charge in [-0.25, -0.2) is 10.2 Å². The number of halogens is 1. The number of amides is 2. The van der Waals surface area contributed by atoms with Crippen molar-refractivity contribution in [3.63, 3.8) is 0 Å². The van der Waals surface area contributed by atoms with Crippen molar-refractivity contribution in [2.45, 2.75) is 0 Å². The first kappa shape index (κ1) is 25.1. The predicted molar refractivity (Wildman–Crippen MR) is 150 cm³/mol. The van der Waals surface area contributed by atoms with E-state index in [1.165, 1.54) is 17.6 Å². The van der Waals surface area contributed by atoms with Crippen LogP contribution in [-0.4, -0.2) is 30.5 Å². The maximum atomic E-state index is 12.6. The summed E-state index contributed by atoms with van der Waals surface area (Å²) in [6, 6.07) is 27.1. The van der Waals surface area contributed by atoms with Crippen molar-refractivity contribution in [3.8, 4) is 5.75 Å². The number of rotatable bonds is 7. The fraction of sp³-hybridized carbons (Fsp3) is 0.0345. The Morgan fingerprint density at radius 2 is 1.58 bits per heavy atom. The van der Waals surface area contributed by atoms with E-state index in [-0.39, 0.29) is 6.54 Å². The maximum Gasteiger partial charge on any atom is 0.343 e. The number of hydrogen-bond donors (Lipinski definition) is 2. The van der Waals surface area contributed by atoms with E-state index < -0.39 is 17.8 Å². The van der Waals surface area contributed by atoms with Crippen molar-refractivity contribution in [1.29, 1.82) is 0 Å². The summed E-state index contributed by atoms with van der Waals surface area (Å²) in [4.78, 5) is 38.0. The van der Waals surface area contributed by atoms with Crippen LogP contribution < -0.4 is 15.5 Å². The summed E-state index contributed by atoms with van der Waals surface area (Å²) >= 11 is 7.60. The van der Waals surface area contributed by atoms with Gasteiger partial charge in [-0.15, -0.1) is 11.3 Å². The molecule has 5 rings (SSSR count). The van der Waals surface area contributed by atoms with Gasteiger partial charge in [0.25, 0.3) is 11.8 Å². The molecule has 2 N–H and O–H groups in total. The molecule has 0 saturated heterocycles. The number of esters is 1. The average Bonchev–Trinajstić information content (AvgIpc) is 3.29. The quantitative estimate of drug-likeness (QED) is 0.118. The molecular formula is C29H20ClN3O4S. The van der Waals surface area contributed by atoms with Crippen molar-refractivity contribution in [3.05, 3.63) is 112 Å². The topological polar surface area (TPSA) is 96.9 Å². The van der Waals surface area contributed by atoms with E-state index in [4.69, 9.17) is 16.3 Å². The predicted octanol–water partition coefficient (Wildman–Crippen LogP) is 5.81. The van der Waals surface area contributed by atoms with Gasteiger partial charge in [0.05, 0.1) is 23.3 Å². The van der Waals surface area contributed by atoms with E-state index in [9.17, 15) is 14.4 Å². The van der Waals surface area contributed by atoms with Crippen LogP contribution in [0.25, 0.3) is 20.9 Å². The molecule has 0 spiro atoms. The van der Waals surface area contributed by atoms with Gasteiger partial charge in [-0.05, 0) is 35.0 Å². The number of fused-ring (bicyclic) bond motifs is 2. The molecule has 188 valence electrons. The molecule has 0 aliphatic heterocycles. The first-order chi connectivity index (χ1) is 18.5. The third kappa shape index (κ3) is 5.41. The van der Waals surface area contributed by atoms with Gasteiger partial charge in [0.15, 0.2) is 0 Å². The molecule has 7 nitrogen and oxygen atoms in total. The number of thiophene rings is 1. The third-order valence-electron chi connectivity index (χ3n) is 5.68. The lowest BCUT2D eigenvalue weighted by Gasteiger charge is -2.10. The summed E-state index contributed by atoms with van der Waals surface area (Å²) in [5.74, 6) is -1.19. The second-order valence-corrected chi connectivity index (χ2v) is 9.60. The van der Waals surface area contributed by atoms with Crippen LogP contribution in [-0.2, 0) is 4.79 Å². The highest BCUT2D eigenvalue weighted by Crippen LogP contribution is 2.35. The zero-order valence-electron chi connectivity index (χ0n) is 19.8. The number of ether oxygens (including phenoxy) is 1. The van der Waals surface area contributed by atoms with E-state index in [2.05, 4.69) is 15.8 Å². The van der Waals surface area contributed by atoms with Crippen molar-refractivity contribution < 1.29 is 19.1 Å². The molecule has 2 amide bonds. The second-order valence-electron chi connectivity index (χ2n) is 8.17. The third-order valence-corrected chi connectivity index (χ3v) is 7.35. The lowest BCUT2D eigenvalue weighted by Crippen LogP contribution is -2.34. The molecule has 0 radical (unpaired) electrons. The summed E-state index contributed by atoms with van der Waals surface area (Å²) in [6.07, 6.45) is 1.42. The molecule has 0 unspecified atom stereocenters. The van der Waals surface area contributed by atoms with Gasteiger partial charge in [0.2, 0.25) is 0 Å². The molecule has 4 aromatic carbocycles. The number of hydrazone groups is 1.